The number of nitrogens with zero attached hydrogens (tertiary/aromatic N) is 2. The second-order valence-electron chi connectivity index (χ2n) is 6.07. The Hall–Kier alpha value is -1.65. The number of hydrogen-bond donors (Lipinski definition) is 1. The van der Waals surface area contributed by atoms with E-state index in [1.165, 1.54) is 19.3 Å². The van der Waals surface area contributed by atoms with Gasteiger partial charge in [-0.25, -0.2) is 9.97 Å². The van der Waals surface area contributed by atoms with Gasteiger partial charge in [0.1, 0.15) is 11.9 Å². The first-order chi connectivity index (χ1) is 11.1. The fraction of sp³-hybridized carbons (Fsp3) is 0.444. The zero-order valence-electron chi connectivity index (χ0n) is 13.6. The van der Waals surface area contributed by atoms with Gasteiger partial charge in [-0.3, -0.25) is 0 Å². The lowest BCUT2D eigenvalue weighted by atomic mass is 10.0. The van der Waals surface area contributed by atoms with Crippen LogP contribution < -0.4 is 10.1 Å². The summed E-state index contributed by atoms with van der Waals surface area (Å²) in [6, 6.07) is 8.39. The first-order valence-electron chi connectivity index (χ1n) is 8.13. The molecule has 1 aliphatic heterocycles. The number of aromatic nitrogens is 2. The Morgan fingerprint density at radius 2 is 2.17 bits per heavy atom. The molecule has 1 aromatic carbocycles. The molecular formula is C18H22ClN3O. The molecule has 0 radical (unpaired) electrons. The van der Waals surface area contributed by atoms with Crippen LogP contribution in [-0.2, 0) is 0 Å². The van der Waals surface area contributed by atoms with Crippen LogP contribution in [0.15, 0.2) is 30.5 Å². The number of hydrogen-bond acceptors (Lipinski definition) is 4. The molecule has 0 bridgehead atoms. The van der Waals surface area contributed by atoms with E-state index in [1.54, 1.807) is 6.20 Å². The van der Waals surface area contributed by atoms with E-state index >= 15 is 0 Å². The highest BCUT2D eigenvalue weighted by molar-refractivity contribution is 6.28. The third kappa shape index (κ3) is 4.01. The van der Waals surface area contributed by atoms with Crippen molar-refractivity contribution in [3.63, 3.8) is 0 Å². The van der Waals surface area contributed by atoms with Gasteiger partial charge in [0.2, 0.25) is 5.28 Å². The standard InChI is InChI=1S/C18H22ClN3O/c1-12-6-7-14(23-13(2)16-5-3-4-9-20-16)11-15(12)17-8-10-21-18(19)22-17/h6-8,10-11,13,16,20H,3-5,9H2,1-2H3. The number of rotatable bonds is 4. The Morgan fingerprint density at radius 1 is 1.30 bits per heavy atom. The Balaban J connectivity index is 1.80. The quantitative estimate of drug-likeness (QED) is 0.860. The van der Waals surface area contributed by atoms with Crippen LogP contribution in [0.3, 0.4) is 0 Å². The summed E-state index contributed by atoms with van der Waals surface area (Å²) in [6.45, 7) is 5.27. The third-order valence-electron chi connectivity index (χ3n) is 4.35. The third-order valence-corrected chi connectivity index (χ3v) is 4.53. The van der Waals surface area contributed by atoms with Crippen molar-refractivity contribution in [2.45, 2.75) is 45.3 Å². The highest BCUT2D eigenvalue weighted by Crippen LogP contribution is 2.28. The molecule has 23 heavy (non-hydrogen) atoms. The molecule has 3 rings (SSSR count). The molecule has 0 amide bonds. The van der Waals surface area contributed by atoms with Crippen molar-refractivity contribution in [3.05, 3.63) is 41.3 Å². The predicted molar refractivity (Wildman–Crippen MR) is 92.9 cm³/mol. The van der Waals surface area contributed by atoms with Gasteiger partial charge in [0.05, 0.1) is 5.69 Å². The van der Waals surface area contributed by atoms with Crippen molar-refractivity contribution in [2.24, 2.45) is 0 Å². The maximum absolute atomic E-state index is 6.16. The number of piperidine rings is 1. The summed E-state index contributed by atoms with van der Waals surface area (Å²) in [6.07, 6.45) is 5.50. The van der Waals surface area contributed by atoms with Crippen molar-refractivity contribution in [1.82, 2.24) is 15.3 Å². The van der Waals surface area contributed by atoms with Gasteiger partial charge in [0, 0.05) is 17.8 Å². The molecule has 122 valence electrons. The van der Waals surface area contributed by atoms with Gasteiger partial charge in [-0.05, 0) is 68.6 Å². The fourth-order valence-corrected chi connectivity index (χ4v) is 3.16. The number of halogens is 1. The van der Waals surface area contributed by atoms with Gasteiger partial charge in [-0.1, -0.05) is 12.5 Å². The van der Waals surface area contributed by atoms with Crippen LogP contribution in [0.4, 0.5) is 0 Å². The lowest BCUT2D eigenvalue weighted by molar-refractivity contribution is 0.153. The zero-order chi connectivity index (χ0) is 16.2. The first kappa shape index (κ1) is 16.2. The van der Waals surface area contributed by atoms with E-state index in [0.29, 0.717) is 6.04 Å². The average molecular weight is 332 g/mol. The van der Waals surface area contributed by atoms with Crippen molar-refractivity contribution in [3.8, 4) is 17.0 Å². The van der Waals surface area contributed by atoms with Crippen molar-refractivity contribution in [1.29, 1.82) is 0 Å². The molecule has 0 spiro atoms. The van der Waals surface area contributed by atoms with Crippen molar-refractivity contribution >= 4 is 11.6 Å². The molecule has 5 heteroatoms. The summed E-state index contributed by atoms with van der Waals surface area (Å²) < 4.78 is 6.16. The summed E-state index contributed by atoms with van der Waals surface area (Å²) in [5, 5.41) is 3.80. The molecule has 1 saturated heterocycles. The van der Waals surface area contributed by atoms with E-state index in [1.807, 2.05) is 18.2 Å². The lowest BCUT2D eigenvalue weighted by Crippen LogP contribution is -2.44. The number of nitrogens with one attached hydrogen (secondary N) is 1. The van der Waals surface area contributed by atoms with Crippen LogP contribution in [0.1, 0.15) is 31.7 Å². The molecule has 2 atom stereocenters. The lowest BCUT2D eigenvalue weighted by Gasteiger charge is -2.29. The van der Waals surface area contributed by atoms with E-state index < -0.39 is 0 Å². The van der Waals surface area contributed by atoms with Crippen molar-refractivity contribution in [2.75, 3.05) is 6.54 Å². The second kappa shape index (κ2) is 7.28. The normalized spacial score (nSPS) is 19.3. The summed E-state index contributed by atoms with van der Waals surface area (Å²) in [7, 11) is 0. The topological polar surface area (TPSA) is 47.0 Å². The minimum absolute atomic E-state index is 0.139. The predicted octanol–water partition coefficient (Wildman–Crippen LogP) is 4.01. The average Bonchev–Trinajstić information content (AvgIpc) is 2.57. The Kier molecular flexibility index (Phi) is 5.13. The molecule has 1 fully saturated rings. The Labute approximate surface area is 142 Å². The summed E-state index contributed by atoms with van der Waals surface area (Å²) in [5.41, 5.74) is 2.97. The monoisotopic (exact) mass is 331 g/mol. The molecule has 1 aliphatic rings. The molecule has 1 aromatic heterocycles. The summed E-state index contributed by atoms with van der Waals surface area (Å²) in [4.78, 5) is 8.24. The van der Waals surface area contributed by atoms with Gasteiger partial charge >= 0.3 is 0 Å². The van der Waals surface area contributed by atoms with E-state index in [4.69, 9.17) is 16.3 Å². The van der Waals surface area contributed by atoms with Gasteiger partial charge in [-0.2, -0.15) is 0 Å². The first-order valence-corrected chi connectivity index (χ1v) is 8.51. The molecule has 2 heterocycles. The van der Waals surface area contributed by atoms with E-state index in [9.17, 15) is 0 Å². The van der Waals surface area contributed by atoms with Crippen LogP contribution in [-0.4, -0.2) is 28.7 Å². The van der Waals surface area contributed by atoms with Gasteiger partial charge in [0.15, 0.2) is 0 Å². The Morgan fingerprint density at radius 3 is 2.91 bits per heavy atom. The van der Waals surface area contributed by atoms with Crippen LogP contribution in [0.25, 0.3) is 11.3 Å². The molecule has 0 aliphatic carbocycles. The van der Waals surface area contributed by atoms with Crippen LogP contribution >= 0.6 is 11.6 Å². The van der Waals surface area contributed by atoms with Gasteiger partial charge in [0.25, 0.3) is 0 Å². The second-order valence-corrected chi connectivity index (χ2v) is 6.41. The van der Waals surface area contributed by atoms with E-state index in [2.05, 4.69) is 35.2 Å². The number of ether oxygens (including phenoxy) is 1. The maximum Gasteiger partial charge on any atom is 0.222 e. The SMILES string of the molecule is Cc1ccc(OC(C)C2CCCCN2)cc1-c1ccnc(Cl)n1. The highest BCUT2D eigenvalue weighted by atomic mass is 35.5. The molecule has 4 nitrogen and oxygen atoms in total. The van der Waals surface area contributed by atoms with Crippen molar-refractivity contribution < 1.29 is 4.74 Å². The molecule has 2 aromatic rings. The smallest absolute Gasteiger partial charge is 0.222 e. The molecule has 1 N–H and O–H groups in total. The summed E-state index contributed by atoms with van der Waals surface area (Å²) >= 11 is 5.91. The Bertz CT molecular complexity index is 671. The fourth-order valence-electron chi connectivity index (χ4n) is 3.01. The van der Waals surface area contributed by atoms with Gasteiger partial charge in [-0.15, -0.1) is 0 Å². The van der Waals surface area contributed by atoms with Crippen LogP contribution in [0.5, 0.6) is 5.75 Å². The zero-order valence-corrected chi connectivity index (χ0v) is 14.3. The van der Waals surface area contributed by atoms with Crippen LogP contribution in [0.2, 0.25) is 5.28 Å². The minimum atomic E-state index is 0.139. The minimum Gasteiger partial charge on any atom is -0.489 e. The largest absolute Gasteiger partial charge is 0.489 e. The maximum atomic E-state index is 6.16. The molecular weight excluding hydrogens is 310 g/mol. The molecule has 2 unspecified atom stereocenters. The molecule has 0 saturated carbocycles. The van der Waals surface area contributed by atoms with Crippen LogP contribution in [0, 0.1) is 6.92 Å². The number of aryl methyl sites for hydroxylation is 1. The number of benzene rings is 1. The summed E-state index contributed by atoms with van der Waals surface area (Å²) in [5.74, 6) is 0.861. The van der Waals surface area contributed by atoms with E-state index in [-0.39, 0.29) is 11.4 Å². The van der Waals surface area contributed by atoms with Gasteiger partial charge < -0.3 is 10.1 Å². The highest BCUT2D eigenvalue weighted by Gasteiger charge is 2.21. The van der Waals surface area contributed by atoms with E-state index in [0.717, 1.165) is 29.1 Å².